The Balaban J connectivity index is 1.42. The van der Waals surface area contributed by atoms with E-state index in [1.807, 2.05) is 44.2 Å². The van der Waals surface area contributed by atoms with Crippen molar-refractivity contribution in [1.29, 1.82) is 0 Å². The highest BCUT2D eigenvalue weighted by atomic mass is 16.7. The second kappa shape index (κ2) is 14.1. The fourth-order valence-corrected chi connectivity index (χ4v) is 7.36. The molecule has 0 radical (unpaired) electrons. The summed E-state index contributed by atoms with van der Waals surface area (Å²) in [5.41, 5.74) is 0.672. The molecule has 3 saturated carbocycles. The van der Waals surface area contributed by atoms with Gasteiger partial charge >= 0.3 is 13.2 Å². The molecular formula is C33H51BN4O7. The van der Waals surface area contributed by atoms with Crippen molar-refractivity contribution >= 4 is 30.9 Å². The Morgan fingerprint density at radius 3 is 2.20 bits per heavy atom. The van der Waals surface area contributed by atoms with E-state index in [1.54, 1.807) is 13.8 Å². The van der Waals surface area contributed by atoms with E-state index in [2.05, 4.69) is 46.8 Å². The van der Waals surface area contributed by atoms with Crippen LogP contribution in [0.2, 0.25) is 0 Å². The highest BCUT2D eigenvalue weighted by Crippen LogP contribution is 2.65. The SMILES string of the molecule is COC(=O)N[C@H](C(=O)N[C@@H](Cc1ccccc1)C(=O)N[C@@H](CC(C)C)C(=O)NCB1O[C@@H]2CC3CC(C3(C)C)[C@]2(C)O1)C(C)C. The standard InChI is InChI=1S/C33H51BN4O7/c1-19(2)14-23(28(39)35-18-34-44-26-17-22-16-25(32(22,5)6)33(26,7)45-34)36-29(40)24(15-21-12-10-9-11-13-21)37-30(41)27(20(3)4)38-31(42)43-8/h9-13,19-20,22-27H,14-18H2,1-8H3,(H,35,39)(H,36,40)(H,37,41)(H,38,42)/t22?,23-,24-,25?,26+,27-,33-/m0/s1. The van der Waals surface area contributed by atoms with Crippen LogP contribution in [-0.2, 0) is 34.9 Å². The monoisotopic (exact) mass is 626 g/mol. The van der Waals surface area contributed by atoms with Gasteiger partial charge in [-0.3, -0.25) is 14.4 Å². The maximum absolute atomic E-state index is 13.8. The van der Waals surface area contributed by atoms with Gasteiger partial charge in [-0.25, -0.2) is 4.79 Å². The average Bonchev–Trinajstić information content (AvgIpc) is 3.33. The van der Waals surface area contributed by atoms with Crippen molar-refractivity contribution in [2.45, 2.75) is 104 Å². The van der Waals surface area contributed by atoms with Gasteiger partial charge < -0.3 is 35.3 Å². The van der Waals surface area contributed by atoms with Gasteiger partial charge in [-0.1, -0.05) is 71.9 Å². The van der Waals surface area contributed by atoms with E-state index in [1.165, 1.54) is 7.11 Å². The number of amides is 4. The topological polar surface area (TPSA) is 144 Å². The molecular weight excluding hydrogens is 575 g/mol. The molecule has 4 fully saturated rings. The van der Waals surface area contributed by atoms with Crippen LogP contribution >= 0.6 is 0 Å². The first-order valence-corrected chi connectivity index (χ1v) is 16.3. The van der Waals surface area contributed by atoms with Crippen LogP contribution in [0.3, 0.4) is 0 Å². The van der Waals surface area contributed by atoms with Crippen LogP contribution in [0.5, 0.6) is 0 Å². The zero-order chi connectivity index (χ0) is 33.1. The summed E-state index contributed by atoms with van der Waals surface area (Å²) in [4.78, 5) is 52.5. The second-order valence-corrected chi connectivity index (χ2v) is 14.4. The van der Waals surface area contributed by atoms with Gasteiger partial charge in [0, 0.05) is 6.42 Å². The molecule has 5 rings (SSSR count). The maximum Gasteiger partial charge on any atom is 0.478 e. The quantitative estimate of drug-likeness (QED) is 0.247. The third-order valence-electron chi connectivity index (χ3n) is 10.1. The van der Waals surface area contributed by atoms with Crippen molar-refractivity contribution in [3.05, 3.63) is 35.9 Å². The maximum atomic E-state index is 13.8. The Labute approximate surface area is 267 Å². The predicted octanol–water partition coefficient (Wildman–Crippen LogP) is 3.01. The van der Waals surface area contributed by atoms with Crippen molar-refractivity contribution < 1.29 is 33.2 Å². The second-order valence-electron chi connectivity index (χ2n) is 14.4. The molecule has 0 aromatic heterocycles. The van der Waals surface area contributed by atoms with Gasteiger partial charge in [-0.15, -0.1) is 0 Å². The van der Waals surface area contributed by atoms with Crippen molar-refractivity contribution in [3.8, 4) is 0 Å². The molecule has 1 saturated heterocycles. The summed E-state index contributed by atoms with van der Waals surface area (Å²) in [7, 11) is 0.660. The molecule has 2 unspecified atom stereocenters. The summed E-state index contributed by atoms with van der Waals surface area (Å²) < 4.78 is 17.4. The average molecular weight is 627 g/mol. The number of hydrogen-bond donors (Lipinski definition) is 4. The first-order valence-electron chi connectivity index (χ1n) is 16.3. The third-order valence-corrected chi connectivity index (χ3v) is 10.1. The number of alkyl carbamates (subject to hydrolysis) is 1. The normalized spacial score (nSPS) is 26.6. The molecule has 4 aliphatic rings. The summed E-state index contributed by atoms with van der Waals surface area (Å²) in [6.45, 7) is 14.3. The number of hydrogen-bond acceptors (Lipinski definition) is 7. The molecule has 1 aliphatic heterocycles. The molecule has 0 spiro atoms. The Morgan fingerprint density at radius 2 is 1.60 bits per heavy atom. The lowest BCUT2D eigenvalue weighted by molar-refractivity contribution is -0.199. The molecule has 1 aromatic rings. The fourth-order valence-electron chi connectivity index (χ4n) is 7.36. The minimum absolute atomic E-state index is 0.00744. The fraction of sp³-hybridized carbons (Fsp3) is 0.697. The third kappa shape index (κ3) is 7.82. The van der Waals surface area contributed by atoms with Gasteiger partial charge in [0.15, 0.2) is 0 Å². The molecule has 4 amide bonds. The largest absolute Gasteiger partial charge is 0.478 e. The van der Waals surface area contributed by atoms with Crippen molar-refractivity contribution in [2.75, 3.05) is 13.6 Å². The summed E-state index contributed by atoms with van der Waals surface area (Å²) in [6, 6.07) is 6.54. The summed E-state index contributed by atoms with van der Waals surface area (Å²) in [6.07, 6.45) is 2.12. The number of carbonyl (C=O) groups excluding carboxylic acids is 4. The molecule has 2 bridgehead atoms. The van der Waals surface area contributed by atoms with Crippen LogP contribution in [0, 0.1) is 29.1 Å². The van der Waals surface area contributed by atoms with Crippen LogP contribution in [-0.4, -0.2) is 74.3 Å². The van der Waals surface area contributed by atoms with Crippen LogP contribution in [0.25, 0.3) is 0 Å². The smallest absolute Gasteiger partial charge is 0.453 e. The van der Waals surface area contributed by atoms with Gasteiger partial charge in [0.1, 0.15) is 18.1 Å². The number of rotatable bonds is 13. The van der Waals surface area contributed by atoms with E-state index >= 15 is 0 Å². The van der Waals surface area contributed by atoms with Gasteiger partial charge in [0.2, 0.25) is 17.7 Å². The van der Waals surface area contributed by atoms with Gasteiger partial charge in [-0.2, -0.15) is 0 Å². The van der Waals surface area contributed by atoms with Crippen molar-refractivity contribution in [2.24, 2.45) is 29.1 Å². The molecule has 12 heteroatoms. The molecule has 4 N–H and O–H groups in total. The molecule has 7 atom stereocenters. The molecule has 1 aromatic carbocycles. The number of ether oxygens (including phenoxy) is 1. The first kappa shape index (κ1) is 34.8. The van der Waals surface area contributed by atoms with E-state index in [0.717, 1.165) is 18.4 Å². The lowest BCUT2D eigenvalue weighted by Gasteiger charge is -2.64. The molecule has 1 heterocycles. The molecule has 3 aliphatic carbocycles. The van der Waals surface area contributed by atoms with E-state index in [-0.39, 0.29) is 47.7 Å². The Morgan fingerprint density at radius 1 is 0.933 bits per heavy atom. The van der Waals surface area contributed by atoms with Crippen LogP contribution < -0.4 is 21.3 Å². The summed E-state index contributed by atoms with van der Waals surface area (Å²) >= 11 is 0. The number of carbonyl (C=O) groups is 4. The minimum Gasteiger partial charge on any atom is -0.453 e. The lowest BCUT2D eigenvalue weighted by atomic mass is 9.43. The highest BCUT2D eigenvalue weighted by Gasteiger charge is 2.67. The van der Waals surface area contributed by atoms with Gasteiger partial charge in [0.25, 0.3) is 0 Å². The van der Waals surface area contributed by atoms with Crippen molar-refractivity contribution in [3.63, 3.8) is 0 Å². The lowest BCUT2D eigenvalue weighted by Crippen LogP contribution is -2.65. The number of methoxy groups -OCH3 is 1. The van der Waals surface area contributed by atoms with Crippen molar-refractivity contribution in [1.82, 2.24) is 21.3 Å². The van der Waals surface area contributed by atoms with Crippen LogP contribution in [0.4, 0.5) is 4.79 Å². The summed E-state index contributed by atoms with van der Waals surface area (Å²) in [5.74, 6) is -0.493. The summed E-state index contributed by atoms with van der Waals surface area (Å²) in [5, 5.41) is 11.2. The van der Waals surface area contributed by atoms with Crippen LogP contribution in [0.1, 0.15) is 73.3 Å². The Hall–Kier alpha value is -3.12. The van der Waals surface area contributed by atoms with E-state index in [9.17, 15) is 19.2 Å². The van der Waals surface area contributed by atoms with E-state index < -0.39 is 43.2 Å². The first-order chi connectivity index (χ1) is 21.1. The molecule has 248 valence electrons. The van der Waals surface area contributed by atoms with Gasteiger partial charge in [-0.05, 0) is 60.8 Å². The predicted molar refractivity (Wildman–Crippen MR) is 171 cm³/mol. The zero-order valence-electron chi connectivity index (χ0n) is 28.0. The Kier molecular flexibility index (Phi) is 10.9. The Bertz CT molecular complexity index is 1230. The molecule has 45 heavy (non-hydrogen) atoms. The van der Waals surface area contributed by atoms with Gasteiger partial charge in [0.05, 0.1) is 25.3 Å². The highest BCUT2D eigenvalue weighted by molar-refractivity contribution is 6.46. The number of nitrogens with one attached hydrogen (secondary N) is 4. The zero-order valence-corrected chi connectivity index (χ0v) is 28.0. The molecule has 11 nitrogen and oxygen atoms in total. The van der Waals surface area contributed by atoms with Crippen LogP contribution in [0.15, 0.2) is 30.3 Å². The number of benzene rings is 1. The minimum atomic E-state index is -0.998. The van der Waals surface area contributed by atoms with E-state index in [0.29, 0.717) is 18.3 Å². The van der Waals surface area contributed by atoms with E-state index in [4.69, 9.17) is 9.31 Å².